The summed E-state index contributed by atoms with van der Waals surface area (Å²) in [5, 5.41) is 31.4. The van der Waals surface area contributed by atoms with E-state index in [2.05, 4.69) is 15.1 Å². The van der Waals surface area contributed by atoms with Gasteiger partial charge in [0.05, 0.1) is 43.7 Å². The lowest BCUT2D eigenvalue weighted by Gasteiger charge is -2.31. The highest BCUT2D eigenvalue weighted by atomic mass is 35.5. The molecular weight excluding hydrogens is 696 g/mol. The molecule has 0 radical (unpaired) electrons. The average Bonchev–Trinajstić information content (AvgIpc) is 3.16. The Bertz CT molecular complexity index is 1900. The highest BCUT2D eigenvalue weighted by molar-refractivity contribution is 6.36. The summed E-state index contributed by atoms with van der Waals surface area (Å²) in [5.41, 5.74) is 5.95. The molecule has 4 N–H and O–H groups in total. The first-order chi connectivity index (χ1) is 25.7. The molecule has 0 spiro atoms. The number of hydrogen-bond acceptors (Lipinski definition) is 11. The number of aromatic nitrogens is 2. The van der Waals surface area contributed by atoms with Gasteiger partial charge in [-0.1, -0.05) is 48.0 Å². The number of nitrogens with one attached hydrogen (secondary N) is 2. The van der Waals surface area contributed by atoms with E-state index in [0.717, 1.165) is 79.7 Å². The number of methoxy groups -OCH3 is 3. The van der Waals surface area contributed by atoms with Crippen LogP contribution < -0.4 is 19.5 Å². The van der Waals surface area contributed by atoms with E-state index in [1.165, 1.54) is 6.21 Å². The first-order valence-corrected chi connectivity index (χ1v) is 18.3. The standard InChI is InChI=1S/C40H47ClN6O6/c1-51-35-21-36(45-40(53-3)32(35)24-47-18-14-27(48)15-19-47)43-33-9-5-6-28(31(33)22-42)29-7-4-8-30(38(29)41)34-11-10-26(39(44-34)52-2)23-46-16-12-25(13-17-46)20-37(49)50/h4-11,21-22,25,27,42,48H,12-20,23-24H2,1-3H3,(H,43,45)(H,49,50). The van der Waals surface area contributed by atoms with Crippen molar-refractivity contribution in [1.82, 2.24) is 19.8 Å². The summed E-state index contributed by atoms with van der Waals surface area (Å²) >= 11 is 7.15. The monoisotopic (exact) mass is 742 g/mol. The van der Waals surface area contributed by atoms with Gasteiger partial charge in [0.15, 0.2) is 0 Å². The van der Waals surface area contributed by atoms with Crippen LogP contribution in [0.1, 0.15) is 48.8 Å². The van der Waals surface area contributed by atoms with Gasteiger partial charge < -0.3 is 35.1 Å². The van der Waals surface area contributed by atoms with E-state index < -0.39 is 5.97 Å². The number of piperidine rings is 2. The summed E-state index contributed by atoms with van der Waals surface area (Å²) in [7, 11) is 4.81. The summed E-state index contributed by atoms with van der Waals surface area (Å²) in [4.78, 5) is 25.3. The molecule has 2 saturated heterocycles. The summed E-state index contributed by atoms with van der Waals surface area (Å²) in [5.74, 6) is 1.56. The van der Waals surface area contributed by atoms with E-state index in [4.69, 9.17) is 46.3 Å². The Morgan fingerprint density at radius 2 is 1.55 bits per heavy atom. The molecule has 2 aliphatic heterocycles. The van der Waals surface area contributed by atoms with Crippen LogP contribution in [-0.4, -0.2) is 95.8 Å². The highest BCUT2D eigenvalue weighted by Gasteiger charge is 2.25. The fourth-order valence-electron chi connectivity index (χ4n) is 7.28. The number of aliphatic hydroxyl groups is 1. The number of carbonyl (C=O) groups is 1. The van der Waals surface area contributed by atoms with Crippen molar-refractivity contribution in [1.29, 1.82) is 5.41 Å². The third-order valence-electron chi connectivity index (χ3n) is 10.2. The Kier molecular flexibility index (Phi) is 12.5. The third-order valence-corrected chi connectivity index (χ3v) is 10.6. The molecule has 4 heterocycles. The molecule has 0 amide bonds. The molecule has 4 aromatic rings. The van der Waals surface area contributed by atoms with Crippen molar-refractivity contribution in [2.24, 2.45) is 5.92 Å². The molecule has 2 aliphatic rings. The Hall–Kier alpha value is -4.75. The number of carboxylic acids is 1. The number of nitrogens with zero attached hydrogens (tertiary/aromatic N) is 4. The van der Waals surface area contributed by atoms with Gasteiger partial charge in [0, 0.05) is 72.8 Å². The van der Waals surface area contributed by atoms with Crippen molar-refractivity contribution in [3.8, 4) is 39.9 Å². The number of carboxylic acid groups (broad SMARTS) is 1. The lowest BCUT2D eigenvalue weighted by atomic mass is 9.93. The van der Waals surface area contributed by atoms with Crippen LogP contribution in [0.4, 0.5) is 11.5 Å². The average molecular weight is 743 g/mol. The van der Waals surface area contributed by atoms with E-state index in [1.54, 1.807) is 21.3 Å². The van der Waals surface area contributed by atoms with Gasteiger partial charge in [-0.15, -0.1) is 0 Å². The summed E-state index contributed by atoms with van der Waals surface area (Å²) in [6.07, 6.45) is 4.42. The van der Waals surface area contributed by atoms with Gasteiger partial charge in [-0.25, -0.2) is 4.98 Å². The fraction of sp³-hybridized carbons (Fsp3) is 0.400. The highest BCUT2D eigenvalue weighted by Crippen LogP contribution is 2.40. The molecule has 6 rings (SSSR count). The second-order valence-electron chi connectivity index (χ2n) is 13.6. The molecule has 280 valence electrons. The fourth-order valence-corrected chi connectivity index (χ4v) is 7.61. The van der Waals surface area contributed by atoms with Crippen molar-refractivity contribution in [2.75, 3.05) is 52.8 Å². The van der Waals surface area contributed by atoms with Crippen LogP contribution in [0.2, 0.25) is 5.02 Å². The number of pyridine rings is 2. The van der Waals surface area contributed by atoms with Crippen LogP contribution >= 0.6 is 11.6 Å². The second kappa shape index (κ2) is 17.4. The molecule has 2 aromatic heterocycles. The largest absolute Gasteiger partial charge is 0.496 e. The van der Waals surface area contributed by atoms with Crippen LogP contribution in [0, 0.1) is 11.3 Å². The molecule has 12 nitrogen and oxygen atoms in total. The predicted octanol–water partition coefficient (Wildman–Crippen LogP) is 6.87. The zero-order valence-corrected chi connectivity index (χ0v) is 31.2. The second-order valence-corrected chi connectivity index (χ2v) is 14.0. The summed E-state index contributed by atoms with van der Waals surface area (Å²) < 4.78 is 17.3. The Labute approximate surface area is 315 Å². The smallest absolute Gasteiger partial charge is 0.303 e. The number of rotatable bonds is 14. The number of anilines is 2. The van der Waals surface area contributed by atoms with E-state index in [-0.39, 0.29) is 18.4 Å². The molecule has 53 heavy (non-hydrogen) atoms. The third kappa shape index (κ3) is 8.90. The van der Waals surface area contributed by atoms with Crippen molar-refractivity contribution in [3.63, 3.8) is 0 Å². The Balaban J connectivity index is 1.24. The van der Waals surface area contributed by atoms with Crippen LogP contribution in [0.5, 0.6) is 17.5 Å². The minimum Gasteiger partial charge on any atom is -0.496 e. The maximum atomic E-state index is 11.1. The molecule has 0 bridgehead atoms. The topological polar surface area (TPSA) is 153 Å². The SMILES string of the molecule is COc1cc(Nc2cccc(-c3cccc(-c4ccc(CN5CCC(CC(=O)O)CC5)c(OC)n4)c3Cl)c2C=N)nc(OC)c1CN1CCC(O)CC1. The van der Waals surface area contributed by atoms with E-state index >= 15 is 0 Å². The van der Waals surface area contributed by atoms with Crippen LogP contribution in [0.15, 0.2) is 54.6 Å². The minimum absolute atomic E-state index is 0.215. The normalized spacial score (nSPS) is 15.9. The lowest BCUT2D eigenvalue weighted by molar-refractivity contribution is -0.138. The van der Waals surface area contributed by atoms with Gasteiger partial charge in [0.1, 0.15) is 11.6 Å². The van der Waals surface area contributed by atoms with E-state index in [9.17, 15) is 9.90 Å². The number of aliphatic carboxylic acids is 1. The predicted molar refractivity (Wildman–Crippen MR) is 206 cm³/mol. The van der Waals surface area contributed by atoms with Crippen molar-refractivity contribution in [2.45, 2.75) is 51.3 Å². The van der Waals surface area contributed by atoms with Crippen LogP contribution in [-0.2, 0) is 17.9 Å². The van der Waals surface area contributed by atoms with Gasteiger partial charge >= 0.3 is 5.97 Å². The molecule has 13 heteroatoms. The first kappa shape index (κ1) is 38.0. The molecule has 0 saturated carbocycles. The summed E-state index contributed by atoms with van der Waals surface area (Å²) in [6, 6.07) is 17.3. The van der Waals surface area contributed by atoms with Crippen LogP contribution in [0.25, 0.3) is 22.4 Å². The number of likely N-dealkylation sites (tertiary alicyclic amines) is 2. The van der Waals surface area contributed by atoms with Crippen molar-refractivity contribution < 1.29 is 29.2 Å². The van der Waals surface area contributed by atoms with Gasteiger partial charge in [-0.2, -0.15) is 4.98 Å². The van der Waals surface area contributed by atoms with Crippen molar-refractivity contribution in [3.05, 3.63) is 76.3 Å². The first-order valence-electron chi connectivity index (χ1n) is 17.9. The maximum Gasteiger partial charge on any atom is 0.303 e. The molecule has 2 fully saturated rings. The quantitative estimate of drug-likeness (QED) is 0.100. The van der Waals surface area contributed by atoms with Crippen LogP contribution in [0.3, 0.4) is 0 Å². The summed E-state index contributed by atoms with van der Waals surface area (Å²) in [6.45, 7) is 4.45. The number of halogens is 1. The van der Waals surface area contributed by atoms with Crippen molar-refractivity contribution >= 4 is 35.3 Å². The van der Waals surface area contributed by atoms with Gasteiger partial charge in [-0.05, 0) is 62.4 Å². The number of aliphatic hydroxyl groups excluding tert-OH is 1. The number of hydrogen-bond donors (Lipinski definition) is 4. The zero-order chi connectivity index (χ0) is 37.5. The lowest BCUT2D eigenvalue weighted by Crippen LogP contribution is -2.35. The van der Waals surface area contributed by atoms with Gasteiger partial charge in [-0.3, -0.25) is 14.6 Å². The van der Waals surface area contributed by atoms with Gasteiger partial charge in [0.25, 0.3) is 0 Å². The zero-order valence-electron chi connectivity index (χ0n) is 30.4. The number of benzene rings is 2. The number of ether oxygens (including phenoxy) is 3. The van der Waals surface area contributed by atoms with E-state index in [1.807, 2.05) is 54.6 Å². The Morgan fingerprint density at radius 3 is 2.23 bits per heavy atom. The van der Waals surface area contributed by atoms with E-state index in [0.29, 0.717) is 58.4 Å². The minimum atomic E-state index is -0.737. The molecular formula is C40H47ClN6O6. The molecule has 0 aliphatic carbocycles. The molecule has 0 atom stereocenters. The van der Waals surface area contributed by atoms with Gasteiger partial charge in [0.2, 0.25) is 11.8 Å². The maximum absolute atomic E-state index is 11.1. The molecule has 0 unspecified atom stereocenters. The Morgan fingerprint density at radius 1 is 0.887 bits per heavy atom. The molecule has 2 aromatic carbocycles.